The van der Waals surface area contributed by atoms with Gasteiger partial charge in [-0.2, -0.15) is 0 Å². The van der Waals surface area contributed by atoms with E-state index in [9.17, 15) is 5.11 Å². The molecule has 1 nitrogen and oxygen atoms in total. The Morgan fingerprint density at radius 3 is 2.40 bits per heavy atom. The van der Waals surface area contributed by atoms with Crippen molar-refractivity contribution in [1.82, 2.24) is 0 Å². The van der Waals surface area contributed by atoms with Crippen LogP contribution in [0.2, 0.25) is 0 Å². The smallest absolute Gasteiger partial charge is 0.0825 e. The second kappa shape index (κ2) is 4.07. The van der Waals surface area contributed by atoms with Crippen molar-refractivity contribution in [3.8, 4) is 0 Å². The molecular formula is C9H11O. The van der Waals surface area contributed by atoms with E-state index in [1.54, 1.807) is 0 Å². The van der Waals surface area contributed by atoms with Gasteiger partial charge in [-0.25, -0.2) is 5.11 Å². The number of hydrogen-bond donors (Lipinski definition) is 0. The third-order valence-electron chi connectivity index (χ3n) is 1.45. The molecule has 0 aromatic heterocycles. The van der Waals surface area contributed by atoms with Crippen LogP contribution in [0.15, 0.2) is 30.3 Å². The van der Waals surface area contributed by atoms with Crippen molar-refractivity contribution in [1.29, 1.82) is 0 Å². The Morgan fingerprint density at radius 2 is 1.80 bits per heavy atom. The highest BCUT2D eigenvalue weighted by Crippen LogP contribution is 2.00. The SMILES string of the molecule is [O]CCCc1ccccc1. The molecule has 1 heteroatoms. The van der Waals surface area contributed by atoms with Crippen molar-refractivity contribution in [2.45, 2.75) is 12.8 Å². The van der Waals surface area contributed by atoms with Gasteiger partial charge < -0.3 is 0 Å². The van der Waals surface area contributed by atoms with E-state index >= 15 is 0 Å². The van der Waals surface area contributed by atoms with E-state index in [2.05, 4.69) is 12.1 Å². The van der Waals surface area contributed by atoms with Gasteiger partial charge in [-0.3, -0.25) is 0 Å². The van der Waals surface area contributed by atoms with Crippen LogP contribution in [-0.2, 0) is 11.5 Å². The lowest BCUT2D eigenvalue weighted by atomic mass is 10.1. The lowest BCUT2D eigenvalue weighted by Crippen LogP contribution is -1.86. The maximum absolute atomic E-state index is 10.1. The quantitative estimate of drug-likeness (QED) is 0.604. The Labute approximate surface area is 61.3 Å². The fourth-order valence-corrected chi connectivity index (χ4v) is 0.921. The minimum absolute atomic E-state index is 0.0366. The van der Waals surface area contributed by atoms with Crippen LogP contribution in [0.25, 0.3) is 0 Å². The van der Waals surface area contributed by atoms with Crippen molar-refractivity contribution < 1.29 is 5.11 Å². The molecule has 0 fully saturated rings. The van der Waals surface area contributed by atoms with Crippen molar-refractivity contribution in [3.63, 3.8) is 0 Å². The average Bonchev–Trinajstić information content (AvgIpc) is 2.03. The largest absolute Gasteiger partial charge is 0.237 e. The van der Waals surface area contributed by atoms with Gasteiger partial charge in [0.25, 0.3) is 0 Å². The molecule has 0 aliphatic heterocycles. The molecule has 0 aliphatic carbocycles. The number of hydrogen-bond acceptors (Lipinski definition) is 0. The monoisotopic (exact) mass is 135 g/mol. The van der Waals surface area contributed by atoms with E-state index in [0.717, 1.165) is 12.8 Å². The lowest BCUT2D eigenvalue weighted by Gasteiger charge is -1.95. The van der Waals surface area contributed by atoms with E-state index < -0.39 is 0 Å². The second-order valence-electron chi connectivity index (χ2n) is 2.29. The van der Waals surface area contributed by atoms with Crippen molar-refractivity contribution in [3.05, 3.63) is 35.9 Å². The van der Waals surface area contributed by atoms with Crippen molar-refractivity contribution >= 4 is 0 Å². The molecule has 0 amide bonds. The molecule has 0 atom stereocenters. The molecule has 0 saturated heterocycles. The van der Waals surface area contributed by atoms with Gasteiger partial charge in [0.15, 0.2) is 0 Å². The predicted octanol–water partition coefficient (Wildman–Crippen LogP) is 2.05. The standard InChI is InChI=1S/C9H11O/c10-8-4-7-9-5-2-1-3-6-9/h1-3,5-6H,4,7-8H2. The Bertz CT molecular complexity index is 169. The Morgan fingerprint density at radius 1 is 1.10 bits per heavy atom. The van der Waals surface area contributed by atoms with Gasteiger partial charge in [0.05, 0.1) is 6.61 Å². The molecular weight excluding hydrogens is 124 g/mol. The Balaban J connectivity index is 2.43. The first kappa shape index (κ1) is 7.29. The van der Waals surface area contributed by atoms with Gasteiger partial charge in [-0.1, -0.05) is 30.3 Å². The maximum atomic E-state index is 10.1. The highest BCUT2D eigenvalue weighted by Gasteiger charge is 1.88. The fraction of sp³-hybridized carbons (Fsp3) is 0.333. The molecule has 1 aromatic carbocycles. The van der Waals surface area contributed by atoms with Crippen LogP contribution in [0.4, 0.5) is 0 Å². The lowest BCUT2D eigenvalue weighted by molar-refractivity contribution is 0.189. The molecule has 10 heavy (non-hydrogen) atoms. The molecule has 0 N–H and O–H groups in total. The summed E-state index contributed by atoms with van der Waals surface area (Å²) in [5.74, 6) is 0. The highest BCUT2D eigenvalue weighted by molar-refractivity contribution is 5.14. The van der Waals surface area contributed by atoms with Crippen LogP contribution in [-0.4, -0.2) is 6.61 Å². The molecule has 1 radical (unpaired) electrons. The molecule has 1 rings (SSSR count). The topological polar surface area (TPSA) is 19.9 Å². The van der Waals surface area contributed by atoms with E-state index in [4.69, 9.17) is 0 Å². The second-order valence-corrected chi connectivity index (χ2v) is 2.29. The van der Waals surface area contributed by atoms with Gasteiger partial charge in [0.1, 0.15) is 0 Å². The first-order valence-corrected chi connectivity index (χ1v) is 3.55. The molecule has 0 saturated carbocycles. The molecule has 0 bridgehead atoms. The van der Waals surface area contributed by atoms with Crippen LogP contribution in [0.3, 0.4) is 0 Å². The third kappa shape index (κ3) is 2.19. The predicted molar refractivity (Wildman–Crippen MR) is 40.3 cm³/mol. The highest BCUT2D eigenvalue weighted by atomic mass is 16.2. The van der Waals surface area contributed by atoms with Crippen molar-refractivity contribution in [2.75, 3.05) is 6.61 Å². The van der Waals surface area contributed by atoms with E-state index in [1.807, 2.05) is 18.2 Å². The molecule has 53 valence electrons. The molecule has 0 unspecified atom stereocenters. The maximum Gasteiger partial charge on any atom is 0.0825 e. The number of benzene rings is 1. The third-order valence-corrected chi connectivity index (χ3v) is 1.45. The summed E-state index contributed by atoms with van der Waals surface area (Å²) in [6.07, 6.45) is 1.67. The Kier molecular flexibility index (Phi) is 2.97. The van der Waals surface area contributed by atoms with E-state index in [1.165, 1.54) is 5.56 Å². The fourth-order valence-electron chi connectivity index (χ4n) is 0.921. The van der Waals surface area contributed by atoms with Crippen LogP contribution in [0.5, 0.6) is 0 Å². The minimum atomic E-state index is 0.0366. The zero-order valence-electron chi connectivity index (χ0n) is 5.92. The van der Waals surface area contributed by atoms with Gasteiger partial charge in [-0.15, -0.1) is 0 Å². The van der Waals surface area contributed by atoms with Gasteiger partial charge in [-0.05, 0) is 18.4 Å². The van der Waals surface area contributed by atoms with E-state index in [-0.39, 0.29) is 6.61 Å². The first-order valence-electron chi connectivity index (χ1n) is 3.55. The van der Waals surface area contributed by atoms with Crippen LogP contribution in [0, 0.1) is 0 Å². The van der Waals surface area contributed by atoms with Gasteiger partial charge in [0, 0.05) is 0 Å². The zero-order chi connectivity index (χ0) is 7.23. The van der Waals surface area contributed by atoms with Gasteiger partial charge >= 0.3 is 0 Å². The van der Waals surface area contributed by atoms with Crippen molar-refractivity contribution in [2.24, 2.45) is 0 Å². The van der Waals surface area contributed by atoms with Crippen LogP contribution < -0.4 is 0 Å². The zero-order valence-corrected chi connectivity index (χ0v) is 5.92. The molecule has 0 spiro atoms. The summed E-state index contributed by atoms with van der Waals surface area (Å²) in [4.78, 5) is 0. The van der Waals surface area contributed by atoms with E-state index in [0.29, 0.717) is 0 Å². The Hall–Kier alpha value is -0.820. The van der Waals surface area contributed by atoms with Crippen LogP contribution in [0.1, 0.15) is 12.0 Å². The molecule has 1 aromatic rings. The average molecular weight is 135 g/mol. The molecule has 0 aliphatic rings. The first-order chi connectivity index (χ1) is 4.93. The summed E-state index contributed by atoms with van der Waals surface area (Å²) in [6.45, 7) is 0.0366. The summed E-state index contributed by atoms with van der Waals surface area (Å²) in [7, 11) is 0. The normalized spacial score (nSPS) is 9.70. The number of aryl methyl sites for hydroxylation is 1. The van der Waals surface area contributed by atoms with Crippen LogP contribution >= 0.6 is 0 Å². The summed E-state index contributed by atoms with van der Waals surface area (Å²) in [5.41, 5.74) is 1.26. The summed E-state index contributed by atoms with van der Waals surface area (Å²) >= 11 is 0. The summed E-state index contributed by atoms with van der Waals surface area (Å²) < 4.78 is 0. The summed E-state index contributed by atoms with van der Waals surface area (Å²) in [5, 5.41) is 10.1. The summed E-state index contributed by atoms with van der Waals surface area (Å²) in [6, 6.07) is 10.1. The van der Waals surface area contributed by atoms with Gasteiger partial charge in [0.2, 0.25) is 0 Å². The number of rotatable bonds is 3. The molecule has 0 heterocycles. The minimum Gasteiger partial charge on any atom is -0.237 e.